The molecule has 0 bridgehead atoms. The van der Waals surface area contributed by atoms with Gasteiger partial charge in [-0.2, -0.15) is 0 Å². The van der Waals surface area contributed by atoms with E-state index in [9.17, 15) is 14.4 Å². The molecule has 3 aromatic carbocycles. The molecule has 0 saturated carbocycles. The minimum Gasteiger partial charge on any atom is -0.467 e. The first kappa shape index (κ1) is 28.4. The minimum absolute atomic E-state index is 0.0886. The van der Waals surface area contributed by atoms with Gasteiger partial charge in [0.2, 0.25) is 0 Å². The standard InChI is InChI=1S/C30H29Cl2N3O4/c1-34-26-14-13-21(35(2,3)4)16-20(26)17-22(29(34)37)19-11-9-18(10-12-19)15-25(30(38)39-5)33-28(36)27-23(31)7-6-8-24(27)32/h6-14,16-17,25H,15H2,1-5H3/p+1. The van der Waals surface area contributed by atoms with Gasteiger partial charge in [-0.3, -0.25) is 14.1 Å². The van der Waals surface area contributed by atoms with E-state index < -0.39 is 17.9 Å². The normalized spacial score (nSPS) is 12.3. The number of hydrogen-bond donors (Lipinski definition) is 1. The Hall–Kier alpha value is -3.65. The van der Waals surface area contributed by atoms with Crippen molar-refractivity contribution in [2.75, 3.05) is 28.3 Å². The van der Waals surface area contributed by atoms with Crippen LogP contribution in [0.15, 0.2) is 71.5 Å². The second-order valence-corrected chi connectivity index (χ2v) is 11.0. The fourth-order valence-corrected chi connectivity index (χ4v) is 5.00. The number of amides is 1. The molecule has 1 amide bonds. The van der Waals surface area contributed by atoms with Gasteiger partial charge in [0.05, 0.1) is 49.4 Å². The molecule has 0 aliphatic heterocycles. The molecule has 202 valence electrons. The van der Waals surface area contributed by atoms with Gasteiger partial charge in [0.25, 0.3) is 11.5 Å². The second-order valence-electron chi connectivity index (χ2n) is 10.2. The first-order chi connectivity index (χ1) is 18.4. The van der Waals surface area contributed by atoms with Crippen molar-refractivity contribution in [2.45, 2.75) is 12.5 Å². The first-order valence-corrected chi connectivity index (χ1v) is 13.0. The average molecular weight is 567 g/mol. The summed E-state index contributed by atoms with van der Waals surface area (Å²) in [4.78, 5) is 38.6. The van der Waals surface area contributed by atoms with E-state index in [0.717, 1.165) is 27.7 Å². The molecule has 1 N–H and O–H groups in total. The SMILES string of the molecule is COC(=O)C(Cc1ccc(-c2cc3cc([N+](C)(C)C)ccc3n(C)c2=O)cc1)NC(=O)c1c(Cl)cccc1Cl. The maximum absolute atomic E-state index is 13.2. The first-order valence-electron chi connectivity index (χ1n) is 12.3. The van der Waals surface area contributed by atoms with E-state index in [1.54, 1.807) is 29.8 Å². The lowest BCUT2D eigenvalue weighted by Crippen LogP contribution is -2.43. The summed E-state index contributed by atoms with van der Waals surface area (Å²) in [7, 11) is 9.30. The summed E-state index contributed by atoms with van der Waals surface area (Å²) in [5.41, 5.74) is 4.05. The fraction of sp³-hybridized carbons (Fsp3) is 0.233. The second kappa shape index (κ2) is 11.2. The van der Waals surface area contributed by atoms with Crippen LogP contribution in [-0.2, 0) is 23.0 Å². The van der Waals surface area contributed by atoms with Crippen molar-refractivity contribution in [3.63, 3.8) is 0 Å². The Morgan fingerprint density at radius 3 is 2.21 bits per heavy atom. The van der Waals surface area contributed by atoms with Crippen LogP contribution in [0.3, 0.4) is 0 Å². The zero-order valence-corrected chi connectivity index (χ0v) is 23.9. The molecule has 0 aliphatic carbocycles. The van der Waals surface area contributed by atoms with Gasteiger partial charge < -0.3 is 14.6 Å². The highest BCUT2D eigenvalue weighted by Crippen LogP contribution is 2.27. The quantitative estimate of drug-likeness (QED) is 0.245. The van der Waals surface area contributed by atoms with Crippen molar-refractivity contribution in [3.05, 3.63) is 98.3 Å². The van der Waals surface area contributed by atoms with Gasteiger partial charge in [-0.15, -0.1) is 0 Å². The molecule has 7 nitrogen and oxygen atoms in total. The number of aromatic nitrogens is 1. The van der Waals surface area contributed by atoms with Gasteiger partial charge in [-0.1, -0.05) is 53.5 Å². The number of aryl methyl sites for hydroxylation is 1. The van der Waals surface area contributed by atoms with Gasteiger partial charge >= 0.3 is 5.97 Å². The summed E-state index contributed by atoms with van der Waals surface area (Å²) in [5, 5.41) is 4.00. The summed E-state index contributed by atoms with van der Waals surface area (Å²) in [6, 6.07) is 19.1. The van der Waals surface area contributed by atoms with Crippen molar-refractivity contribution in [1.29, 1.82) is 0 Å². The molecular formula is C30H30Cl2N3O4+. The monoisotopic (exact) mass is 566 g/mol. The van der Waals surface area contributed by atoms with Crippen LogP contribution < -0.4 is 15.4 Å². The van der Waals surface area contributed by atoms with E-state index in [2.05, 4.69) is 32.5 Å². The fourth-order valence-electron chi connectivity index (χ4n) is 4.43. The Balaban J connectivity index is 1.62. The van der Waals surface area contributed by atoms with E-state index >= 15 is 0 Å². The number of carbonyl (C=O) groups is 2. The third-order valence-electron chi connectivity index (χ3n) is 6.67. The largest absolute Gasteiger partial charge is 0.467 e. The van der Waals surface area contributed by atoms with Crippen LogP contribution in [0.1, 0.15) is 15.9 Å². The van der Waals surface area contributed by atoms with Crippen molar-refractivity contribution in [1.82, 2.24) is 14.4 Å². The van der Waals surface area contributed by atoms with Crippen LogP contribution in [0, 0.1) is 0 Å². The molecule has 0 aliphatic rings. The van der Waals surface area contributed by atoms with Crippen LogP contribution in [0.2, 0.25) is 10.0 Å². The van der Waals surface area contributed by atoms with Gasteiger partial charge in [0.15, 0.2) is 0 Å². The number of carbonyl (C=O) groups excluding carboxylic acids is 2. The lowest BCUT2D eigenvalue weighted by molar-refractivity contribution is -0.142. The predicted molar refractivity (Wildman–Crippen MR) is 158 cm³/mol. The topological polar surface area (TPSA) is 77.4 Å². The number of pyridine rings is 1. The highest BCUT2D eigenvalue weighted by molar-refractivity contribution is 6.39. The summed E-state index contributed by atoms with van der Waals surface area (Å²) in [6.45, 7) is 0. The molecule has 1 atom stereocenters. The lowest BCUT2D eigenvalue weighted by atomic mass is 9.99. The van der Waals surface area contributed by atoms with E-state index in [1.165, 1.54) is 7.11 Å². The molecule has 4 aromatic rings. The highest BCUT2D eigenvalue weighted by atomic mass is 35.5. The van der Waals surface area contributed by atoms with E-state index in [-0.39, 0.29) is 27.6 Å². The third-order valence-corrected chi connectivity index (χ3v) is 7.30. The predicted octanol–water partition coefficient (Wildman–Crippen LogP) is 5.22. The smallest absolute Gasteiger partial charge is 0.328 e. The minimum atomic E-state index is -0.969. The molecule has 0 saturated heterocycles. The third kappa shape index (κ3) is 6.01. The highest BCUT2D eigenvalue weighted by Gasteiger charge is 2.25. The van der Waals surface area contributed by atoms with Crippen LogP contribution in [-0.4, -0.2) is 50.7 Å². The Bertz CT molecular complexity index is 1600. The van der Waals surface area contributed by atoms with Crippen molar-refractivity contribution < 1.29 is 14.3 Å². The number of ether oxygens (including phenoxy) is 1. The Morgan fingerprint density at radius 1 is 0.974 bits per heavy atom. The number of esters is 1. The molecule has 1 heterocycles. The maximum Gasteiger partial charge on any atom is 0.328 e. The van der Waals surface area contributed by atoms with Gasteiger partial charge in [0, 0.05) is 36.6 Å². The molecular weight excluding hydrogens is 537 g/mol. The molecule has 0 fully saturated rings. The van der Waals surface area contributed by atoms with Gasteiger partial charge in [0.1, 0.15) is 11.7 Å². The number of benzene rings is 3. The number of hydrogen-bond acceptors (Lipinski definition) is 4. The zero-order valence-electron chi connectivity index (χ0n) is 22.4. The number of quaternary nitrogens is 1. The van der Waals surface area contributed by atoms with Crippen molar-refractivity contribution in [2.24, 2.45) is 7.05 Å². The molecule has 0 radical (unpaired) electrons. The van der Waals surface area contributed by atoms with Gasteiger partial charge in [-0.25, -0.2) is 4.79 Å². The molecule has 1 aromatic heterocycles. The van der Waals surface area contributed by atoms with Crippen LogP contribution in [0.5, 0.6) is 0 Å². The number of nitrogens with zero attached hydrogens (tertiary/aromatic N) is 2. The molecule has 1 unspecified atom stereocenters. The van der Waals surface area contributed by atoms with E-state index in [0.29, 0.717) is 10.0 Å². The van der Waals surface area contributed by atoms with Crippen LogP contribution in [0.25, 0.3) is 22.0 Å². The number of fused-ring (bicyclic) bond motifs is 1. The van der Waals surface area contributed by atoms with Crippen LogP contribution >= 0.6 is 23.2 Å². The average Bonchev–Trinajstić information content (AvgIpc) is 2.89. The number of halogens is 2. The van der Waals surface area contributed by atoms with E-state index in [4.69, 9.17) is 27.9 Å². The maximum atomic E-state index is 13.2. The molecule has 39 heavy (non-hydrogen) atoms. The number of methoxy groups -OCH3 is 1. The zero-order chi connectivity index (χ0) is 28.5. The van der Waals surface area contributed by atoms with Crippen LogP contribution in [0.4, 0.5) is 5.69 Å². The number of rotatable bonds is 7. The molecule has 9 heteroatoms. The Kier molecular flexibility index (Phi) is 8.16. The molecule has 0 spiro atoms. The van der Waals surface area contributed by atoms with Gasteiger partial charge in [-0.05, 0) is 35.4 Å². The van der Waals surface area contributed by atoms with Crippen molar-refractivity contribution >= 4 is 51.7 Å². The Morgan fingerprint density at radius 2 is 1.62 bits per heavy atom. The summed E-state index contributed by atoms with van der Waals surface area (Å²) in [6.07, 6.45) is 0.170. The number of nitrogens with one attached hydrogen (secondary N) is 1. The summed E-state index contributed by atoms with van der Waals surface area (Å²) >= 11 is 12.3. The van der Waals surface area contributed by atoms with Crippen molar-refractivity contribution in [3.8, 4) is 11.1 Å². The summed E-state index contributed by atoms with van der Waals surface area (Å²) < 4.78 is 7.22. The lowest BCUT2D eigenvalue weighted by Gasteiger charge is -2.24. The summed E-state index contributed by atoms with van der Waals surface area (Å²) in [5.74, 6) is -1.18. The molecule has 4 rings (SSSR count). The van der Waals surface area contributed by atoms with E-state index in [1.807, 2.05) is 42.5 Å². The Labute approximate surface area is 237 Å².